The predicted octanol–water partition coefficient (Wildman–Crippen LogP) is 2.54. The van der Waals surface area contributed by atoms with Crippen LogP contribution in [0.2, 0.25) is 0 Å². The standard InChI is InChI=1S/C28H31N5O3S/c34-26(22-8-4-11-30-19-22)33-20-23(18-24(33)27(35)31-15-12-29-13-16-31)32(28(36)25-9-5-17-37-25)14-10-21-6-2-1-3-7-21/h1-9,11,17,19,23-24,29H,10,12-16,18,20H2. The van der Waals surface area contributed by atoms with Crippen molar-refractivity contribution in [2.75, 3.05) is 39.3 Å². The Morgan fingerprint density at radius 2 is 1.84 bits per heavy atom. The number of carbonyl (C=O) groups is 3. The van der Waals surface area contributed by atoms with Gasteiger partial charge in [0.2, 0.25) is 5.91 Å². The van der Waals surface area contributed by atoms with Gasteiger partial charge in [0.15, 0.2) is 0 Å². The predicted molar refractivity (Wildman–Crippen MR) is 142 cm³/mol. The molecule has 0 aliphatic carbocycles. The molecule has 4 heterocycles. The van der Waals surface area contributed by atoms with E-state index in [1.807, 2.05) is 45.5 Å². The number of carbonyl (C=O) groups excluding carboxylic acids is 3. The number of rotatable bonds is 7. The van der Waals surface area contributed by atoms with Crippen molar-refractivity contribution in [2.45, 2.75) is 24.9 Å². The van der Waals surface area contributed by atoms with E-state index in [-0.39, 0.29) is 23.8 Å². The van der Waals surface area contributed by atoms with Crippen LogP contribution in [0.25, 0.3) is 0 Å². The first kappa shape index (κ1) is 25.1. The summed E-state index contributed by atoms with van der Waals surface area (Å²) >= 11 is 1.41. The number of thiophene rings is 1. The molecule has 0 saturated carbocycles. The molecular weight excluding hydrogens is 486 g/mol. The molecule has 2 aliphatic heterocycles. The van der Waals surface area contributed by atoms with Gasteiger partial charge in [-0.3, -0.25) is 19.4 Å². The van der Waals surface area contributed by atoms with Crippen LogP contribution in [-0.4, -0.2) is 88.8 Å². The van der Waals surface area contributed by atoms with Crippen LogP contribution in [0.1, 0.15) is 32.0 Å². The normalized spacial score (nSPS) is 19.6. The summed E-state index contributed by atoms with van der Waals surface area (Å²) in [5, 5.41) is 5.17. The van der Waals surface area contributed by atoms with Gasteiger partial charge in [-0.15, -0.1) is 11.3 Å². The Morgan fingerprint density at radius 3 is 2.54 bits per heavy atom. The first-order chi connectivity index (χ1) is 18.1. The molecule has 2 fully saturated rings. The fraction of sp³-hybridized carbons (Fsp3) is 0.357. The van der Waals surface area contributed by atoms with Gasteiger partial charge in [0.1, 0.15) is 6.04 Å². The van der Waals surface area contributed by atoms with Crippen LogP contribution in [-0.2, 0) is 11.2 Å². The van der Waals surface area contributed by atoms with Crippen LogP contribution in [0.5, 0.6) is 0 Å². The number of nitrogens with one attached hydrogen (secondary N) is 1. The van der Waals surface area contributed by atoms with Crippen molar-refractivity contribution in [3.8, 4) is 0 Å². The minimum atomic E-state index is -0.619. The number of aromatic nitrogens is 1. The second-order valence-corrected chi connectivity index (χ2v) is 10.3. The lowest BCUT2D eigenvalue weighted by molar-refractivity contribution is -0.135. The lowest BCUT2D eigenvalue weighted by Crippen LogP contribution is -2.53. The zero-order chi connectivity index (χ0) is 25.6. The van der Waals surface area contributed by atoms with Crippen molar-refractivity contribution in [3.63, 3.8) is 0 Å². The molecule has 0 spiro atoms. The summed E-state index contributed by atoms with van der Waals surface area (Å²) in [7, 11) is 0. The van der Waals surface area contributed by atoms with E-state index in [1.54, 1.807) is 23.2 Å². The summed E-state index contributed by atoms with van der Waals surface area (Å²) in [5.74, 6) is -0.330. The lowest BCUT2D eigenvalue weighted by Gasteiger charge is -2.32. The van der Waals surface area contributed by atoms with Crippen LogP contribution in [0.3, 0.4) is 0 Å². The topological polar surface area (TPSA) is 85.9 Å². The molecule has 9 heteroatoms. The Labute approximate surface area is 220 Å². The number of likely N-dealkylation sites (tertiary alicyclic amines) is 1. The summed E-state index contributed by atoms with van der Waals surface area (Å²) in [6.07, 6.45) is 4.27. The number of hydrogen-bond acceptors (Lipinski definition) is 6. The van der Waals surface area contributed by atoms with Crippen molar-refractivity contribution in [1.29, 1.82) is 0 Å². The molecule has 0 bridgehead atoms. The van der Waals surface area contributed by atoms with Gasteiger partial charge in [0.25, 0.3) is 11.8 Å². The van der Waals surface area contributed by atoms with Gasteiger partial charge in [-0.05, 0) is 42.0 Å². The number of piperazine rings is 1. The monoisotopic (exact) mass is 517 g/mol. The molecule has 2 atom stereocenters. The van der Waals surface area contributed by atoms with Crippen molar-refractivity contribution >= 4 is 29.1 Å². The number of amides is 3. The van der Waals surface area contributed by atoms with Crippen molar-refractivity contribution < 1.29 is 14.4 Å². The second kappa shape index (κ2) is 11.7. The summed E-state index contributed by atoms with van der Waals surface area (Å²) in [5.41, 5.74) is 1.59. The molecule has 3 amide bonds. The van der Waals surface area contributed by atoms with Gasteiger partial charge in [-0.25, -0.2) is 0 Å². The molecular formula is C28H31N5O3S. The lowest BCUT2D eigenvalue weighted by atomic mass is 10.1. The highest BCUT2D eigenvalue weighted by molar-refractivity contribution is 7.12. The molecule has 1 aromatic carbocycles. The van der Waals surface area contributed by atoms with Gasteiger partial charge in [-0.2, -0.15) is 0 Å². The summed E-state index contributed by atoms with van der Waals surface area (Å²) in [4.78, 5) is 51.1. The van der Waals surface area contributed by atoms with Gasteiger partial charge >= 0.3 is 0 Å². The average molecular weight is 518 g/mol. The highest BCUT2D eigenvalue weighted by Crippen LogP contribution is 2.28. The third kappa shape index (κ3) is 5.73. The Bertz CT molecular complexity index is 1200. The Balaban J connectivity index is 1.43. The van der Waals surface area contributed by atoms with Gasteiger partial charge in [0, 0.05) is 51.7 Å². The van der Waals surface area contributed by atoms with Crippen molar-refractivity contribution in [2.24, 2.45) is 0 Å². The van der Waals surface area contributed by atoms with Gasteiger partial charge in [-0.1, -0.05) is 36.4 Å². The van der Waals surface area contributed by atoms with E-state index in [0.717, 1.165) is 18.7 Å². The molecule has 8 nitrogen and oxygen atoms in total. The van der Waals surface area contributed by atoms with Gasteiger partial charge in [0.05, 0.1) is 16.5 Å². The second-order valence-electron chi connectivity index (χ2n) is 9.39. The first-order valence-corrected chi connectivity index (χ1v) is 13.6. The molecule has 1 N–H and O–H groups in total. The Hall–Kier alpha value is -3.56. The minimum Gasteiger partial charge on any atom is -0.338 e. The maximum absolute atomic E-state index is 13.7. The SMILES string of the molecule is O=C(C1CC(N(CCc2ccccc2)C(=O)c2cccs2)CN1C(=O)c1cccnc1)N1CCNCC1. The first-order valence-electron chi connectivity index (χ1n) is 12.7. The molecule has 192 valence electrons. The third-order valence-corrected chi connectivity index (χ3v) is 7.94. The maximum Gasteiger partial charge on any atom is 0.264 e. The number of hydrogen-bond donors (Lipinski definition) is 1. The molecule has 3 aromatic rings. The quantitative estimate of drug-likeness (QED) is 0.521. The fourth-order valence-electron chi connectivity index (χ4n) is 5.14. The highest BCUT2D eigenvalue weighted by atomic mass is 32.1. The summed E-state index contributed by atoms with van der Waals surface area (Å²) < 4.78 is 0. The van der Waals surface area contributed by atoms with Crippen LogP contribution in [0.15, 0.2) is 72.4 Å². The fourth-order valence-corrected chi connectivity index (χ4v) is 5.81. The van der Waals surface area contributed by atoms with E-state index in [0.29, 0.717) is 49.5 Å². The maximum atomic E-state index is 13.7. The largest absolute Gasteiger partial charge is 0.338 e. The molecule has 5 rings (SSSR count). The number of benzene rings is 1. The van der Waals surface area contributed by atoms with E-state index in [4.69, 9.17) is 0 Å². The third-order valence-electron chi connectivity index (χ3n) is 7.08. The Morgan fingerprint density at radius 1 is 1.03 bits per heavy atom. The van der Waals surface area contributed by atoms with Gasteiger partial charge < -0.3 is 20.0 Å². The van der Waals surface area contributed by atoms with E-state index < -0.39 is 6.04 Å². The molecule has 2 unspecified atom stereocenters. The average Bonchev–Trinajstić information content (AvgIpc) is 3.65. The molecule has 37 heavy (non-hydrogen) atoms. The molecule has 2 aromatic heterocycles. The van der Waals surface area contributed by atoms with Crippen molar-refractivity contribution in [3.05, 3.63) is 88.4 Å². The minimum absolute atomic E-state index is 0.0483. The van der Waals surface area contributed by atoms with Crippen LogP contribution >= 0.6 is 11.3 Å². The Kier molecular flexibility index (Phi) is 7.91. The highest BCUT2D eigenvalue weighted by Gasteiger charge is 2.44. The smallest absolute Gasteiger partial charge is 0.264 e. The summed E-state index contributed by atoms with van der Waals surface area (Å²) in [6, 6.07) is 16.3. The summed E-state index contributed by atoms with van der Waals surface area (Å²) in [6.45, 7) is 3.51. The molecule has 2 aliphatic rings. The van der Waals surface area contributed by atoms with Crippen LogP contribution in [0, 0.1) is 0 Å². The van der Waals surface area contributed by atoms with E-state index in [9.17, 15) is 14.4 Å². The van der Waals surface area contributed by atoms with Crippen molar-refractivity contribution in [1.82, 2.24) is 25.0 Å². The zero-order valence-corrected chi connectivity index (χ0v) is 21.5. The van der Waals surface area contributed by atoms with Crippen LogP contribution < -0.4 is 5.32 Å². The van der Waals surface area contributed by atoms with E-state index in [1.165, 1.54) is 17.5 Å². The van der Waals surface area contributed by atoms with E-state index in [2.05, 4.69) is 22.4 Å². The number of nitrogens with zero attached hydrogens (tertiary/aromatic N) is 4. The van der Waals surface area contributed by atoms with E-state index >= 15 is 0 Å². The molecule has 2 saturated heterocycles. The molecule has 0 radical (unpaired) electrons. The number of pyridine rings is 1. The zero-order valence-electron chi connectivity index (χ0n) is 20.7. The van der Waals surface area contributed by atoms with Crippen LogP contribution in [0.4, 0.5) is 0 Å².